The normalized spacial score (nSPS) is 22.0. The highest BCUT2D eigenvalue weighted by molar-refractivity contribution is 7.91. The maximum atomic E-state index is 12.0. The van der Waals surface area contributed by atoms with Gasteiger partial charge in [0, 0.05) is 6.54 Å². The van der Waals surface area contributed by atoms with Crippen LogP contribution in [0.15, 0.2) is 0 Å². The van der Waals surface area contributed by atoms with Crippen molar-refractivity contribution in [1.82, 2.24) is 10.2 Å². The van der Waals surface area contributed by atoms with Crippen LogP contribution in [0.25, 0.3) is 0 Å². The van der Waals surface area contributed by atoms with Crippen LogP contribution >= 0.6 is 0 Å². The van der Waals surface area contributed by atoms with E-state index in [1.54, 1.807) is 0 Å². The summed E-state index contributed by atoms with van der Waals surface area (Å²) in [6, 6.07) is -1.05. The van der Waals surface area contributed by atoms with Gasteiger partial charge < -0.3 is 15.3 Å². The Morgan fingerprint density at radius 2 is 1.95 bits per heavy atom. The topological polar surface area (TPSA) is 104 Å². The van der Waals surface area contributed by atoms with Crippen LogP contribution in [-0.4, -0.2) is 73.7 Å². The van der Waals surface area contributed by atoms with Crippen molar-refractivity contribution >= 4 is 21.7 Å². The number of nitrogens with one attached hydrogen (secondary N) is 1. The minimum Gasteiger partial charge on any atom is -0.481 e. The van der Waals surface area contributed by atoms with E-state index in [1.165, 1.54) is 0 Å². The number of rotatable bonds is 5. The predicted octanol–water partition coefficient (Wildman–Crippen LogP) is -0.761. The molecule has 0 spiro atoms. The molecule has 0 aromatic rings. The molecule has 0 aromatic heterocycles. The van der Waals surface area contributed by atoms with Crippen LogP contribution in [0.4, 0.5) is 13.2 Å². The Morgan fingerprint density at radius 1 is 1.33 bits per heavy atom. The van der Waals surface area contributed by atoms with Crippen molar-refractivity contribution < 1.29 is 36.3 Å². The number of hydrogen-bond donors (Lipinski definition) is 2. The van der Waals surface area contributed by atoms with Crippen LogP contribution < -0.4 is 5.32 Å². The molecule has 1 heterocycles. The van der Waals surface area contributed by atoms with Crippen LogP contribution in [0.5, 0.6) is 0 Å². The van der Waals surface area contributed by atoms with Crippen molar-refractivity contribution in [1.29, 1.82) is 0 Å². The van der Waals surface area contributed by atoms with Gasteiger partial charge in [-0.3, -0.25) is 9.59 Å². The molecule has 11 heteroatoms. The van der Waals surface area contributed by atoms with Crippen LogP contribution in [0.3, 0.4) is 0 Å². The van der Waals surface area contributed by atoms with E-state index in [2.05, 4.69) is 0 Å². The summed E-state index contributed by atoms with van der Waals surface area (Å²) in [5, 5.41) is 10.6. The van der Waals surface area contributed by atoms with Gasteiger partial charge in [0.15, 0.2) is 9.84 Å². The summed E-state index contributed by atoms with van der Waals surface area (Å²) in [6.07, 6.45) is -5.03. The lowest BCUT2D eigenvalue weighted by molar-refractivity contribution is -0.140. The van der Waals surface area contributed by atoms with Gasteiger partial charge in [0.2, 0.25) is 5.91 Å². The summed E-state index contributed by atoms with van der Waals surface area (Å²) >= 11 is 0. The second-order valence-electron chi connectivity index (χ2n) is 4.67. The average molecular weight is 332 g/mol. The summed E-state index contributed by atoms with van der Waals surface area (Å²) in [4.78, 5) is 23.5. The second-order valence-corrected chi connectivity index (χ2v) is 6.90. The molecule has 7 nitrogen and oxygen atoms in total. The first-order valence-corrected chi connectivity index (χ1v) is 7.81. The Morgan fingerprint density at radius 3 is 2.48 bits per heavy atom. The third-order valence-corrected chi connectivity index (χ3v) is 4.56. The molecule has 1 atom stereocenters. The van der Waals surface area contributed by atoms with Crippen molar-refractivity contribution in [3.8, 4) is 0 Å². The number of halogens is 3. The highest BCUT2D eigenvalue weighted by atomic mass is 32.2. The van der Waals surface area contributed by atoms with Gasteiger partial charge in [-0.15, -0.1) is 0 Å². The molecule has 1 aliphatic rings. The molecule has 2 N–H and O–H groups in total. The molecule has 0 radical (unpaired) electrons. The lowest BCUT2D eigenvalue weighted by Gasteiger charge is -2.34. The first-order chi connectivity index (χ1) is 9.50. The standard InChI is InChI=1S/C10H15F3N2O5S/c11-10(12,13)6-14-4-8(16)15-1-2-21(19,20)5-7(15)3-9(17)18/h7,14H,1-6H2,(H,17,18). The van der Waals surface area contributed by atoms with E-state index < -0.39 is 59.2 Å². The minimum atomic E-state index is -4.47. The number of carbonyl (C=O) groups is 2. The minimum absolute atomic E-state index is 0.215. The average Bonchev–Trinajstić information content (AvgIpc) is 2.24. The number of carboxylic acid groups (broad SMARTS) is 1. The molecule has 1 amide bonds. The Hall–Kier alpha value is -1.36. The summed E-state index contributed by atoms with van der Waals surface area (Å²) < 4.78 is 58.8. The van der Waals surface area contributed by atoms with Gasteiger partial charge in [-0.05, 0) is 0 Å². The van der Waals surface area contributed by atoms with Gasteiger partial charge in [0.1, 0.15) is 0 Å². The Kier molecular flexibility index (Phi) is 5.56. The van der Waals surface area contributed by atoms with Crippen LogP contribution in [0.1, 0.15) is 6.42 Å². The van der Waals surface area contributed by atoms with Gasteiger partial charge in [-0.2, -0.15) is 13.2 Å². The zero-order chi connectivity index (χ0) is 16.3. The number of hydrogen-bond acceptors (Lipinski definition) is 5. The van der Waals surface area contributed by atoms with Gasteiger partial charge >= 0.3 is 12.1 Å². The molecule has 1 saturated heterocycles. The number of nitrogens with zero attached hydrogens (tertiary/aromatic N) is 1. The highest BCUT2D eigenvalue weighted by Crippen LogP contribution is 2.16. The quantitative estimate of drug-likeness (QED) is 0.686. The fourth-order valence-electron chi connectivity index (χ4n) is 2.00. The molecule has 1 aliphatic heterocycles. The number of sulfone groups is 1. The molecule has 122 valence electrons. The van der Waals surface area contributed by atoms with Crippen molar-refractivity contribution in [2.45, 2.75) is 18.6 Å². The van der Waals surface area contributed by atoms with Crippen LogP contribution in [0.2, 0.25) is 0 Å². The van der Waals surface area contributed by atoms with Crippen molar-refractivity contribution in [3.63, 3.8) is 0 Å². The Bertz CT molecular complexity index is 505. The van der Waals surface area contributed by atoms with E-state index in [9.17, 15) is 31.2 Å². The predicted molar refractivity (Wildman–Crippen MR) is 65.3 cm³/mol. The van der Waals surface area contributed by atoms with E-state index in [-0.39, 0.29) is 12.3 Å². The number of alkyl halides is 3. The third kappa shape index (κ3) is 6.29. The fourth-order valence-corrected chi connectivity index (χ4v) is 3.52. The largest absolute Gasteiger partial charge is 0.481 e. The number of carbonyl (C=O) groups excluding carboxylic acids is 1. The van der Waals surface area contributed by atoms with E-state index in [1.807, 2.05) is 5.32 Å². The molecule has 1 fully saturated rings. The van der Waals surface area contributed by atoms with E-state index >= 15 is 0 Å². The van der Waals surface area contributed by atoms with Gasteiger partial charge in [0.05, 0.1) is 37.1 Å². The number of aliphatic carboxylic acids is 1. The Labute approximate surface area is 119 Å². The van der Waals surface area contributed by atoms with Crippen LogP contribution in [0, 0.1) is 0 Å². The third-order valence-electron chi connectivity index (χ3n) is 2.86. The van der Waals surface area contributed by atoms with Gasteiger partial charge in [-0.1, -0.05) is 0 Å². The molecule has 21 heavy (non-hydrogen) atoms. The van der Waals surface area contributed by atoms with Crippen molar-refractivity contribution in [3.05, 3.63) is 0 Å². The molecule has 1 rings (SSSR count). The monoisotopic (exact) mass is 332 g/mol. The molecule has 0 aromatic carbocycles. The van der Waals surface area contributed by atoms with E-state index in [0.29, 0.717) is 0 Å². The Balaban J connectivity index is 2.65. The van der Waals surface area contributed by atoms with Gasteiger partial charge in [-0.25, -0.2) is 8.42 Å². The molecule has 0 saturated carbocycles. The summed E-state index contributed by atoms with van der Waals surface area (Å²) in [6.45, 7) is -2.20. The smallest absolute Gasteiger partial charge is 0.401 e. The SMILES string of the molecule is O=C(O)CC1CS(=O)(=O)CCN1C(=O)CNCC(F)(F)F. The summed E-state index contributed by atoms with van der Waals surface area (Å²) in [7, 11) is -3.45. The molecular formula is C10H15F3N2O5S. The van der Waals surface area contributed by atoms with E-state index in [4.69, 9.17) is 5.11 Å². The molecular weight excluding hydrogens is 317 g/mol. The van der Waals surface area contributed by atoms with Gasteiger partial charge in [0.25, 0.3) is 0 Å². The van der Waals surface area contributed by atoms with Crippen molar-refractivity contribution in [2.75, 3.05) is 31.1 Å². The first kappa shape index (κ1) is 17.7. The first-order valence-electron chi connectivity index (χ1n) is 5.99. The van der Waals surface area contributed by atoms with E-state index in [0.717, 1.165) is 4.90 Å². The van der Waals surface area contributed by atoms with Crippen LogP contribution in [-0.2, 0) is 19.4 Å². The molecule has 1 unspecified atom stereocenters. The maximum Gasteiger partial charge on any atom is 0.401 e. The second kappa shape index (κ2) is 6.60. The lowest BCUT2D eigenvalue weighted by Crippen LogP contribution is -2.54. The zero-order valence-corrected chi connectivity index (χ0v) is 11.7. The number of carboxylic acids is 1. The molecule has 0 aliphatic carbocycles. The molecule has 0 bridgehead atoms. The maximum absolute atomic E-state index is 12.0. The number of amides is 1. The van der Waals surface area contributed by atoms with Crippen molar-refractivity contribution in [2.24, 2.45) is 0 Å². The lowest BCUT2D eigenvalue weighted by atomic mass is 10.2. The highest BCUT2D eigenvalue weighted by Gasteiger charge is 2.35. The fraction of sp³-hybridized carbons (Fsp3) is 0.800. The summed E-state index contributed by atoms with van der Waals surface area (Å²) in [5.74, 6) is -2.85. The summed E-state index contributed by atoms with van der Waals surface area (Å²) in [5.41, 5.74) is 0. The zero-order valence-electron chi connectivity index (χ0n) is 10.9.